The van der Waals surface area contributed by atoms with Crippen LogP contribution in [0.4, 0.5) is 0 Å². The van der Waals surface area contributed by atoms with Crippen LogP contribution in [-0.2, 0) is 11.3 Å². The highest BCUT2D eigenvalue weighted by molar-refractivity contribution is 9.10. The van der Waals surface area contributed by atoms with Gasteiger partial charge in [-0.05, 0) is 33.8 Å². The number of hydrogen-bond acceptors (Lipinski definition) is 3. The summed E-state index contributed by atoms with van der Waals surface area (Å²) in [5.41, 5.74) is 0. The molecule has 0 unspecified atom stereocenters. The van der Waals surface area contributed by atoms with E-state index < -0.39 is 0 Å². The van der Waals surface area contributed by atoms with Gasteiger partial charge in [0.05, 0.1) is 6.61 Å². The summed E-state index contributed by atoms with van der Waals surface area (Å²) in [6, 6.07) is 2.12. The third-order valence-electron chi connectivity index (χ3n) is 2.37. The lowest BCUT2D eigenvalue weighted by Crippen LogP contribution is -2.25. The molecule has 2 rings (SSSR count). The zero-order valence-corrected chi connectivity index (χ0v) is 10.4. The van der Waals surface area contributed by atoms with Gasteiger partial charge in [-0.2, -0.15) is 0 Å². The minimum Gasteiger partial charge on any atom is -0.380 e. The monoisotopic (exact) mass is 275 g/mol. The number of hydrogen-bond donors (Lipinski definition) is 0. The van der Waals surface area contributed by atoms with E-state index in [1.165, 1.54) is 9.35 Å². The smallest absolute Gasteiger partial charge is 0.0593 e. The third-order valence-corrected chi connectivity index (χ3v) is 4.28. The van der Waals surface area contributed by atoms with Crippen molar-refractivity contribution in [2.24, 2.45) is 0 Å². The number of rotatable bonds is 2. The maximum absolute atomic E-state index is 5.42. The van der Waals surface area contributed by atoms with Crippen LogP contribution >= 0.6 is 27.3 Å². The fourth-order valence-corrected chi connectivity index (χ4v) is 3.12. The summed E-state index contributed by atoms with van der Waals surface area (Å²) in [5.74, 6) is 0. The van der Waals surface area contributed by atoms with E-state index in [-0.39, 0.29) is 0 Å². The highest BCUT2D eigenvalue weighted by Gasteiger charge is 2.11. The van der Waals surface area contributed by atoms with Gasteiger partial charge in [0.2, 0.25) is 0 Å². The van der Waals surface area contributed by atoms with Gasteiger partial charge in [-0.25, -0.2) is 0 Å². The predicted octanol–water partition coefficient (Wildman–Crippen LogP) is 2.73. The molecule has 4 heteroatoms. The van der Waals surface area contributed by atoms with Gasteiger partial charge in [-0.3, -0.25) is 4.90 Å². The van der Waals surface area contributed by atoms with Crippen molar-refractivity contribution in [2.75, 3.05) is 26.3 Å². The summed E-state index contributed by atoms with van der Waals surface area (Å²) in [7, 11) is 0. The molecule has 14 heavy (non-hydrogen) atoms. The standard InChI is InChI=1S/C10H14BrNOS/c11-9-2-7-14-10(9)8-12-3-1-5-13-6-4-12/h2,7H,1,3-6,8H2. The largest absolute Gasteiger partial charge is 0.380 e. The fourth-order valence-electron chi connectivity index (χ4n) is 1.60. The highest BCUT2D eigenvalue weighted by atomic mass is 79.9. The van der Waals surface area contributed by atoms with E-state index in [1.807, 2.05) is 11.3 Å². The molecule has 0 saturated carbocycles. The van der Waals surface area contributed by atoms with Crippen molar-refractivity contribution >= 4 is 27.3 Å². The number of ether oxygens (including phenoxy) is 1. The van der Waals surface area contributed by atoms with E-state index in [0.717, 1.165) is 39.3 Å². The zero-order valence-electron chi connectivity index (χ0n) is 8.04. The quantitative estimate of drug-likeness (QED) is 0.823. The van der Waals surface area contributed by atoms with Gasteiger partial charge in [0, 0.05) is 35.6 Å². The van der Waals surface area contributed by atoms with Crippen molar-refractivity contribution in [1.82, 2.24) is 4.90 Å². The molecule has 1 aromatic heterocycles. The van der Waals surface area contributed by atoms with E-state index >= 15 is 0 Å². The third kappa shape index (κ3) is 2.79. The lowest BCUT2D eigenvalue weighted by Gasteiger charge is -2.18. The van der Waals surface area contributed by atoms with E-state index in [4.69, 9.17) is 4.74 Å². The summed E-state index contributed by atoms with van der Waals surface area (Å²) < 4.78 is 6.67. The number of nitrogens with zero attached hydrogens (tertiary/aromatic N) is 1. The first-order valence-electron chi connectivity index (χ1n) is 4.88. The molecule has 1 aromatic rings. The molecule has 0 radical (unpaired) electrons. The first-order chi connectivity index (χ1) is 6.86. The normalized spacial score (nSPS) is 19.5. The van der Waals surface area contributed by atoms with Crippen LogP contribution in [0, 0.1) is 0 Å². The van der Waals surface area contributed by atoms with Crippen molar-refractivity contribution in [3.63, 3.8) is 0 Å². The molecule has 78 valence electrons. The van der Waals surface area contributed by atoms with E-state index in [0.29, 0.717) is 0 Å². The Hall–Kier alpha value is 0.1000. The molecule has 0 spiro atoms. The maximum atomic E-state index is 5.42. The van der Waals surface area contributed by atoms with Crippen molar-refractivity contribution in [2.45, 2.75) is 13.0 Å². The molecule has 1 saturated heterocycles. The summed E-state index contributed by atoms with van der Waals surface area (Å²) >= 11 is 5.39. The first kappa shape index (κ1) is 10.6. The Bertz CT molecular complexity index is 281. The van der Waals surface area contributed by atoms with Crippen LogP contribution in [0.2, 0.25) is 0 Å². The molecule has 0 aromatic carbocycles. The summed E-state index contributed by atoms with van der Waals surface area (Å²) in [6.07, 6.45) is 1.16. The molecule has 0 atom stereocenters. The molecule has 1 aliphatic rings. The molecule has 0 bridgehead atoms. The van der Waals surface area contributed by atoms with Gasteiger partial charge in [-0.15, -0.1) is 11.3 Å². The van der Waals surface area contributed by atoms with Gasteiger partial charge in [0.1, 0.15) is 0 Å². The molecule has 0 aliphatic carbocycles. The van der Waals surface area contributed by atoms with Crippen molar-refractivity contribution < 1.29 is 4.74 Å². The fraction of sp³-hybridized carbons (Fsp3) is 0.600. The Labute approximate surface area is 97.0 Å². The molecule has 0 amide bonds. The van der Waals surface area contributed by atoms with Crippen LogP contribution in [0.5, 0.6) is 0 Å². The summed E-state index contributed by atoms with van der Waals surface area (Å²) in [5, 5.41) is 2.13. The second-order valence-electron chi connectivity index (χ2n) is 3.43. The van der Waals surface area contributed by atoms with E-state index in [1.54, 1.807) is 0 Å². The lowest BCUT2D eigenvalue weighted by molar-refractivity contribution is 0.140. The molecular weight excluding hydrogens is 262 g/mol. The van der Waals surface area contributed by atoms with Crippen LogP contribution in [0.1, 0.15) is 11.3 Å². The average Bonchev–Trinajstić information content (AvgIpc) is 2.44. The van der Waals surface area contributed by atoms with Crippen LogP contribution in [0.25, 0.3) is 0 Å². The average molecular weight is 276 g/mol. The Balaban J connectivity index is 1.92. The van der Waals surface area contributed by atoms with Gasteiger partial charge < -0.3 is 4.74 Å². The second-order valence-corrected chi connectivity index (χ2v) is 5.29. The molecule has 0 N–H and O–H groups in total. The van der Waals surface area contributed by atoms with Crippen LogP contribution < -0.4 is 0 Å². The zero-order chi connectivity index (χ0) is 9.80. The first-order valence-corrected chi connectivity index (χ1v) is 6.55. The molecule has 2 heterocycles. The topological polar surface area (TPSA) is 12.5 Å². The number of thiophene rings is 1. The Kier molecular flexibility index (Phi) is 3.99. The van der Waals surface area contributed by atoms with Gasteiger partial charge in [-0.1, -0.05) is 0 Å². The van der Waals surface area contributed by atoms with E-state index in [2.05, 4.69) is 32.3 Å². The van der Waals surface area contributed by atoms with Crippen LogP contribution in [0.3, 0.4) is 0 Å². The van der Waals surface area contributed by atoms with Crippen molar-refractivity contribution in [3.8, 4) is 0 Å². The molecule has 1 fully saturated rings. The number of halogens is 1. The SMILES string of the molecule is Brc1ccsc1CN1CCCOCC1. The van der Waals surface area contributed by atoms with Gasteiger partial charge >= 0.3 is 0 Å². The van der Waals surface area contributed by atoms with Crippen LogP contribution in [0.15, 0.2) is 15.9 Å². The van der Waals surface area contributed by atoms with E-state index in [9.17, 15) is 0 Å². The van der Waals surface area contributed by atoms with Crippen LogP contribution in [-0.4, -0.2) is 31.2 Å². The minimum absolute atomic E-state index is 0.878. The van der Waals surface area contributed by atoms with Crippen molar-refractivity contribution in [3.05, 3.63) is 20.8 Å². The lowest BCUT2D eigenvalue weighted by atomic mass is 10.3. The molecule has 2 nitrogen and oxygen atoms in total. The van der Waals surface area contributed by atoms with Gasteiger partial charge in [0.25, 0.3) is 0 Å². The summed E-state index contributed by atoms with van der Waals surface area (Å²) in [4.78, 5) is 3.88. The Morgan fingerprint density at radius 3 is 3.14 bits per heavy atom. The maximum Gasteiger partial charge on any atom is 0.0593 e. The Morgan fingerprint density at radius 1 is 1.43 bits per heavy atom. The highest BCUT2D eigenvalue weighted by Crippen LogP contribution is 2.24. The predicted molar refractivity (Wildman–Crippen MR) is 62.7 cm³/mol. The molecular formula is C10H14BrNOS. The minimum atomic E-state index is 0.878. The molecule has 1 aliphatic heterocycles. The van der Waals surface area contributed by atoms with Gasteiger partial charge in [0.15, 0.2) is 0 Å². The Morgan fingerprint density at radius 2 is 2.36 bits per heavy atom. The second kappa shape index (κ2) is 5.26. The van der Waals surface area contributed by atoms with Crippen molar-refractivity contribution in [1.29, 1.82) is 0 Å². The summed E-state index contributed by atoms with van der Waals surface area (Å²) in [6.45, 7) is 5.07.